The number of carbonyl (C=O) groups excluding carboxylic acids is 1. The van der Waals surface area contributed by atoms with Crippen LogP contribution in [-0.4, -0.2) is 43.3 Å². The summed E-state index contributed by atoms with van der Waals surface area (Å²) in [5, 5.41) is 1.87. The zero-order valence-electron chi connectivity index (χ0n) is 9.53. The van der Waals surface area contributed by atoms with Crippen LogP contribution in [0, 0.1) is 5.92 Å². The topological polar surface area (TPSA) is 67.6 Å². The van der Waals surface area contributed by atoms with Crippen molar-refractivity contribution in [2.24, 2.45) is 11.7 Å². The average Bonchev–Trinajstić information content (AvgIpc) is 2.28. The molecule has 5 heteroatoms. The number of hydrogen-bond donors (Lipinski definition) is 2. The van der Waals surface area contributed by atoms with Crippen LogP contribution < -0.4 is 11.2 Å². The molecule has 3 N–H and O–H groups in total. The first-order valence-corrected chi connectivity index (χ1v) is 5.54. The standard InChI is InChI=1S/C10H21N3O2/c1-3-8(2)9(11)10(14)12-13-4-6-15-7-5-13/h8-9H,3-7,11H2,1-2H3,(H,12,14)/t8?,9-/m0/s1. The average molecular weight is 215 g/mol. The van der Waals surface area contributed by atoms with Crippen LogP contribution in [0.5, 0.6) is 0 Å². The molecule has 0 aromatic heterocycles. The predicted molar refractivity (Wildman–Crippen MR) is 58.0 cm³/mol. The van der Waals surface area contributed by atoms with Gasteiger partial charge in [0, 0.05) is 13.1 Å². The Kier molecular flexibility index (Phi) is 5.01. The van der Waals surface area contributed by atoms with Gasteiger partial charge in [0.2, 0.25) is 0 Å². The highest BCUT2D eigenvalue weighted by Crippen LogP contribution is 2.05. The van der Waals surface area contributed by atoms with Crippen LogP contribution in [0.3, 0.4) is 0 Å². The molecule has 1 amide bonds. The van der Waals surface area contributed by atoms with Gasteiger partial charge in [-0.15, -0.1) is 0 Å². The molecule has 1 heterocycles. The molecule has 0 aliphatic carbocycles. The second kappa shape index (κ2) is 6.05. The molecule has 0 aromatic carbocycles. The minimum atomic E-state index is -0.419. The van der Waals surface area contributed by atoms with Gasteiger partial charge in [-0.3, -0.25) is 10.2 Å². The number of hydrogen-bond acceptors (Lipinski definition) is 4. The Bertz CT molecular complexity index is 205. The maximum absolute atomic E-state index is 11.7. The number of ether oxygens (including phenoxy) is 1. The van der Waals surface area contributed by atoms with Crippen molar-refractivity contribution in [1.82, 2.24) is 10.4 Å². The van der Waals surface area contributed by atoms with E-state index in [1.54, 1.807) is 0 Å². The minimum absolute atomic E-state index is 0.0914. The molecule has 1 fully saturated rings. The van der Waals surface area contributed by atoms with Crippen LogP contribution in [-0.2, 0) is 9.53 Å². The molecular weight excluding hydrogens is 194 g/mol. The van der Waals surface area contributed by atoms with Crippen molar-refractivity contribution in [1.29, 1.82) is 0 Å². The number of nitrogens with one attached hydrogen (secondary N) is 1. The summed E-state index contributed by atoms with van der Waals surface area (Å²) in [7, 11) is 0. The first-order chi connectivity index (χ1) is 7.15. The SMILES string of the molecule is CCC(C)[C@H](N)C(=O)NN1CCOCC1. The van der Waals surface area contributed by atoms with Gasteiger partial charge in [-0.25, -0.2) is 5.01 Å². The number of morpholine rings is 1. The van der Waals surface area contributed by atoms with Gasteiger partial charge >= 0.3 is 0 Å². The smallest absolute Gasteiger partial charge is 0.251 e. The molecule has 1 aliphatic rings. The van der Waals surface area contributed by atoms with Crippen LogP contribution in [0.1, 0.15) is 20.3 Å². The number of hydrazine groups is 1. The first kappa shape index (κ1) is 12.4. The lowest BCUT2D eigenvalue weighted by molar-refractivity contribution is -0.130. The molecule has 5 nitrogen and oxygen atoms in total. The second-order valence-electron chi connectivity index (χ2n) is 3.99. The summed E-state index contributed by atoms with van der Waals surface area (Å²) in [6.07, 6.45) is 0.914. The summed E-state index contributed by atoms with van der Waals surface area (Å²) in [6.45, 7) is 6.83. The number of rotatable bonds is 4. The molecular formula is C10H21N3O2. The molecule has 0 aromatic rings. The number of nitrogens with zero attached hydrogens (tertiary/aromatic N) is 1. The van der Waals surface area contributed by atoms with Crippen molar-refractivity contribution in [2.75, 3.05) is 26.3 Å². The lowest BCUT2D eigenvalue weighted by atomic mass is 10.00. The van der Waals surface area contributed by atoms with E-state index in [1.807, 2.05) is 18.9 Å². The molecule has 1 aliphatic heterocycles. The third kappa shape index (κ3) is 3.77. The largest absolute Gasteiger partial charge is 0.379 e. The Morgan fingerprint density at radius 2 is 2.13 bits per heavy atom. The van der Waals surface area contributed by atoms with E-state index in [4.69, 9.17) is 10.5 Å². The van der Waals surface area contributed by atoms with E-state index in [0.29, 0.717) is 13.2 Å². The van der Waals surface area contributed by atoms with E-state index < -0.39 is 6.04 Å². The molecule has 1 saturated heterocycles. The van der Waals surface area contributed by atoms with E-state index >= 15 is 0 Å². The van der Waals surface area contributed by atoms with Gasteiger partial charge < -0.3 is 10.5 Å². The Morgan fingerprint density at radius 1 is 1.53 bits per heavy atom. The van der Waals surface area contributed by atoms with Crippen molar-refractivity contribution in [3.63, 3.8) is 0 Å². The third-order valence-corrected chi connectivity index (χ3v) is 2.84. The van der Waals surface area contributed by atoms with Crippen LogP contribution in [0.15, 0.2) is 0 Å². The number of nitrogens with two attached hydrogens (primary N) is 1. The zero-order chi connectivity index (χ0) is 11.3. The highest BCUT2D eigenvalue weighted by Gasteiger charge is 2.21. The lowest BCUT2D eigenvalue weighted by Gasteiger charge is -2.29. The Morgan fingerprint density at radius 3 is 2.67 bits per heavy atom. The Labute approximate surface area is 90.9 Å². The van der Waals surface area contributed by atoms with Crippen LogP contribution in [0.4, 0.5) is 0 Å². The van der Waals surface area contributed by atoms with Crippen LogP contribution in [0.2, 0.25) is 0 Å². The normalized spacial score (nSPS) is 22.1. The third-order valence-electron chi connectivity index (χ3n) is 2.84. The van der Waals surface area contributed by atoms with Crippen molar-refractivity contribution in [2.45, 2.75) is 26.3 Å². The molecule has 0 spiro atoms. The molecule has 88 valence electrons. The summed E-state index contributed by atoms with van der Waals surface area (Å²) in [5.74, 6) is 0.122. The fraction of sp³-hybridized carbons (Fsp3) is 0.900. The molecule has 0 saturated carbocycles. The van der Waals surface area contributed by atoms with Crippen molar-refractivity contribution in [3.8, 4) is 0 Å². The van der Waals surface area contributed by atoms with Crippen molar-refractivity contribution >= 4 is 5.91 Å². The van der Waals surface area contributed by atoms with Crippen molar-refractivity contribution < 1.29 is 9.53 Å². The van der Waals surface area contributed by atoms with Crippen LogP contribution >= 0.6 is 0 Å². The number of amides is 1. The van der Waals surface area contributed by atoms with E-state index in [1.165, 1.54) is 0 Å². The fourth-order valence-electron chi connectivity index (χ4n) is 1.42. The van der Waals surface area contributed by atoms with Gasteiger partial charge in [-0.2, -0.15) is 0 Å². The summed E-state index contributed by atoms with van der Waals surface area (Å²) < 4.78 is 5.19. The monoisotopic (exact) mass is 215 g/mol. The van der Waals surface area contributed by atoms with E-state index in [9.17, 15) is 4.79 Å². The first-order valence-electron chi connectivity index (χ1n) is 5.54. The van der Waals surface area contributed by atoms with Crippen LogP contribution in [0.25, 0.3) is 0 Å². The van der Waals surface area contributed by atoms with E-state index in [2.05, 4.69) is 5.43 Å². The number of carbonyl (C=O) groups is 1. The van der Waals surface area contributed by atoms with Gasteiger partial charge in [-0.1, -0.05) is 20.3 Å². The molecule has 1 unspecified atom stereocenters. The maximum atomic E-state index is 11.7. The van der Waals surface area contributed by atoms with Gasteiger partial charge in [0.15, 0.2) is 0 Å². The molecule has 1 rings (SSSR count). The summed E-state index contributed by atoms with van der Waals surface area (Å²) in [5.41, 5.74) is 8.64. The molecule has 0 radical (unpaired) electrons. The lowest BCUT2D eigenvalue weighted by Crippen LogP contribution is -2.54. The summed E-state index contributed by atoms with van der Waals surface area (Å²) >= 11 is 0. The maximum Gasteiger partial charge on any atom is 0.251 e. The quantitative estimate of drug-likeness (QED) is 0.677. The van der Waals surface area contributed by atoms with Gasteiger partial charge in [0.25, 0.3) is 5.91 Å². The highest BCUT2D eigenvalue weighted by molar-refractivity contribution is 5.81. The summed E-state index contributed by atoms with van der Waals surface area (Å²) in [4.78, 5) is 11.7. The van der Waals surface area contributed by atoms with Gasteiger partial charge in [0.05, 0.1) is 19.3 Å². The van der Waals surface area contributed by atoms with E-state index in [-0.39, 0.29) is 11.8 Å². The molecule has 2 atom stereocenters. The Balaban J connectivity index is 2.33. The second-order valence-corrected chi connectivity index (χ2v) is 3.99. The van der Waals surface area contributed by atoms with Crippen molar-refractivity contribution in [3.05, 3.63) is 0 Å². The zero-order valence-corrected chi connectivity index (χ0v) is 9.53. The fourth-order valence-corrected chi connectivity index (χ4v) is 1.42. The summed E-state index contributed by atoms with van der Waals surface area (Å²) in [6, 6.07) is -0.419. The minimum Gasteiger partial charge on any atom is -0.379 e. The van der Waals surface area contributed by atoms with Gasteiger partial charge in [-0.05, 0) is 5.92 Å². The highest BCUT2D eigenvalue weighted by atomic mass is 16.5. The Hall–Kier alpha value is -0.650. The molecule has 0 bridgehead atoms. The van der Waals surface area contributed by atoms with Gasteiger partial charge in [0.1, 0.15) is 0 Å². The predicted octanol–water partition coefficient (Wildman–Crippen LogP) is -0.277. The van der Waals surface area contributed by atoms with E-state index in [0.717, 1.165) is 19.5 Å². The molecule has 15 heavy (non-hydrogen) atoms.